The summed E-state index contributed by atoms with van der Waals surface area (Å²) in [4.78, 5) is -0.00831. The van der Waals surface area contributed by atoms with Crippen LogP contribution in [0.3, 0.4) is 0 Å². The number of ether oxygens (including phenoxy) is 1. The van der Waals surface area contributed by atoms with E-state index in [1.54, 1.807) is 13.0 Å². The van der Waals surface area contributed by atoms with Crippen molar-refractivity contribution in [3.63, 3.8) is 0 Å². The lowest BCUT2D eigenvalue weighted by Crippen LogP contribution is -2.47. The molecule has 6 nitrogen and oxygen atoms in total. The third kappa shape index (κ3) is 2.89. The molecule has 0 saturated heterocycles. The molecule has 0 amide bonds. The Kier molecular flexibility index (Phi) is 3.95. The van der Waals surface area contributed by atoms with Crippen LogP contribution >= 0.6 is 0 Å². The highest BCUT2D eigenvalue weighted by molar-refractivity contribution is 7.89. The number of anilines is 1. The van der Waals surface area contributed by atoms with Gasteiger partial charge in [-0.1, -0.05) is 0 Å². The quantitative estimate of drug-likeness (QED) is 0.697. The van der Waals surface area contributed by atoms with Gasteiger partial charge in [0.2, 0.25) is 10.0 Å². The minimum atomic E-state index is -3.77. The number of hydrogen-bond acceptors (Lipinski definition) is 5. The number of methoxy groups -OCH3 is 1. The first kappa shape index (κ1) is 15.1. The maximum absolute atomic E-state index is 12.3. The van der Waals surface area contributed by atoms with Crippen LogP contribution in [0.25, 0.3) is 0 Å². The van der Waals surface area contributed by atoms with Gasteiger partial charge in [0.25, 0.3) is 0 Å². The van der Waals surface area contributed by atoms with Gasteiger partial charge in [-0.15, -0.1) is 0 Å². The molecule has 2 rings (SSSR count). The third-order valence-corrected chi connectivity index (χ3v) is 5.14. The molecule has 1 aliphatic carbocycles. The summed E-state index contributed by atoms with van der Waals surface area (Å²) in [6.07, 6.45) is 2.14. The topological polar surface area (TPSA) is 102 Å². The minimum Gasteiger partial charge on any atom is -0.495 e. The summed E-state index contributed by atoms with van der Waals surface area (Å²) in [6, 6.07) is 2.96. The Morgan fingerprint density at radius 2 is 2.10 bits per heavy atom. The second-order valence-corrected chi connectivity index (χ2v) is 7.00. The maximum atomic E-state index is 12.3. The molecule has 0 bridgehead atoms. The fourth-order valence-corrected chi connectivity index (χ4v) is 3.42. The highest BCUT2D eigenvalue weighted by atomic mass is 32.2. The average Bonchev–Trinajstić information content (AvgIpc) is 2.36. The molecule has 0 heterocycles. The molecule has 1 aromatic carbocycles. The summed E-state index contributed by atoms with van der Waals surface area (Å²) in [7, 11) is -2.36. The van der Waals surface area contributed by atoms with Gasteiger partial charge in [-0.05, 0) is 43.9 Å². The molecule has 0 aromatic heterocycles. The van der Waals surface area contributed by atoms with E-state index < -0.39 is 15.6 Å². The van der Waals surface area contributed by atoms with Gasteiger partial charge in [0, 0.05) is 12.2 Å². The first-order chi connectivity index (χ1) is 9.27. The van der Waals surface area contributed by atoms with Gasteiger partial charge >= 0.3 is 0 Å². The normalized spacial score (nSPS) is 17.6. The van der Waals surface area contributed by atoms with Gasteiger partial charge in [-0.2, -0.15) is 0 Å². The Bertz CT molecular complexity index is 609. The molecule has 0 unspecified atom stereocenters. The monoisotopic (exact) mass is 300 g/mol. The first-order valence-electron chi connectivity index (χ1n) is 6.44. The van der Waals surface area contributed by atoms with Crippen LogP contribution < -0.4 is 15.2 Å². The van der Waals surface area contributed by atoms with Crippen molar-refractivity contribution in [2.75, 3.05) is 19.4 Å². The summed E-state index contributed by atoms with van der Waals surface area (Å²) in [5, 5.41) is 9.96. The zero-order valence-electron chi connectivity index (χ0n) is 11.6. The SMILES string of the molecule is COc1cc(C)c(N)cc1S(=O)(=O)NCC1(O)CCC1. The minimum absolute atomic E-state index is 0.00622. The molecule has 0 radical (unpaired) electrons. The second kappa shape index (κ2) is 5.23. The van der Waals surface area contributed by atoms with Crippen LogP contribution in [0.4, 0.5) is 5.69 Å². The predicted octanol–water partition coefficient (Wildman–Crippen LogP) is 0.779. The van der Waals surface area contributed by atoms with Crippen molar-refractivity contribution in [1.82, 2.24) is 4.72 Å². The Morgan fingerprint density at radius 3 is 2.60 bits per heavy atom. The van der Waals surface area contributed by atoms with E-state index in [-0.39, 0.29) is 17.2 Å². The number of benzene rings is 1. The van der Waals surface area contributed by atoms with Crippen LogP contribution in [0.2, 0.25) is 0 Å². The van der Waals surface area contributed by atoms with E-state index in [9.17, 15) is 13.5 Å². The lowest BCUT2D eigenvalue weighted by Gasteiger charge is -2.36. The largest absolute Gasteiger partial charge is 0.495 e. The van der Waals surface area contributed by atoms with E-state index in [4.69, 9.17) is 10.5 Å². The lowest BCUT2D eigenvalue weighted by molar-refractivity contribution is -0.0271. The molecule has 4 N–H and O–H groups in total. The number of hydrogen-bond donors (Lipinski definition) is 3. The second-order valence-electron chi connectivity index (χ2n) is 5.26. The van der Waals surface area contributed by atoms with Crippen molar-refractivity contribution >= 4 is 15.7 Å². The maximum Gasteiger partial charge on any atom is 0.244 e. The van der Waals surface area contributed by atoms with E-state index in [2.05, 4.69) is 4.72 Å². The van der Waals surface area contributed by atoms with E-state index in [0.29, 0.717) is 18.5 Å². The zero-order chi connectivity index (χ0) is 15.0. The van der Waals surface area contributed by atoms with E-state index >= 15 is 0 Å². The van der Waals surface area contributed by atoms with Crippen LogP contribution in [-0.2, 0) is 10.0 Å². The molecule has 1 fully saturated rings. The number of aryl methyl sites for hydroxylation is 1. The van der Waals surface area contributed by atoms with Gasteiger partial charge in [-0.3, -0.25) is 0 Å². The van der Waals surface area contributed by atoms with E-state index in [0.717, 1.165) is 12.0 Å². The summed E-state index contributed by atoms with van der Waals surface area (Å²) >= 11 is 0. The molecule has 20 heavy (non-hydrogen) atoms. The Morgan fingerprint density at radius 1 is 1.45 bits per heavy atom. The number of aliphatic hydroxyl groups is 1. The molecular formula is C13H20N2O4S. The molecule has 1 aromatic rings. The van der Waals surface area contributed by atoms with Gasteiger partial charge in [0.05, 0.1) is 12.7 Å². The number of rotatable bonds is 5. The van der Waals surface area contributed by atoms with Crippen molar-refractivity contribution in [1.29, 1.82) is 0 Å². The number of sulfonamides is 1. The van der Waals surface area contributed by atoms with Crippen molar-refractivity contribution in [3.8, 4) is 5.75 Å². The molecule has 112 valence electrons. The van der Waals surface area contributed by atoms with Crippen LogP contribution in [0.15, 0.2) is 17.0 Å². The summed E-state index contributed by atoms with van der Waals surface area (Å²) < 4.78 is 32.1. The fraction of sp³-hybridized carbons (Fsp3) is 0.538. The van der Waals surface area contributed by atoms with Gasteiger partial charge in [0.1, 0.15) is 10.6 Å². The molecule has 1 saturated carbocycles. The van der Waals surface area contributed by atoms with Crippen LogP contribution in [-0.4, -0.2) is 32.8 Å². The Labute approximate surface area is 119 Å². The number of nitrogens with one attached hydrogen (secondary N) is 1. The van der Waals surface area contributed by atoms with Crippen molar-refractivity contribution in [2.24, 2.45) is 0 Å². The molecule has 7 heteroatoms. The lowest BCUT2D eigenvalue weighted by atomic mass is 9.81. The molecule has 0 spiro atoms. The zero-order valence-corrected chi connectivity index (χ0v) is 12.5. The van der Waals surface area contributed by atoms with Crippen molar-refractivity contribution < 1.29 is 18.3 Å². The van der Waals surface area contributed by atoms with Crippen molar-refractivity contribution in [3.05, 3.63) is 17.7 Å². The van der Waals surface area contributed by atoms with Crippen LogP contribution in [0.1, 0.15) is 24.8 Å². The Balaban J connectivity index is 2.26. The van der Waals surface area contributed by atoms with Gasteiger partial charge in [0.15, 0.2) is 0 Å². The average molecular weight is 300 g/mol. The fourth-order valence-electron chi connectivity index (χ4n) is 2.12. The molecule has 1 aliphatic rings. The third-order valence-electron chi connectivity index (χ3n) is 3.72. The smallest absolute Gasteiger partial charge is 0.244 e. The summed E-state index contributed by atoms with van der Waals surface area (Å²) in [5.41, 5.74) is 5.97. The predicted molar refractivity (Wildman–Crippen MR) is 76.1 cm³/mol. The summed E-state index contributed by atoms with van der Waals surface area (Å²) in [6.45, 7) is 1.78. The van der Waals surface area contributed by atoms with E-state index in [1.165, 1.54) is 13.2 Å². The number of nitrogen functional groups attached to an aromatic ring is 1. The van der Waals surface area contributed by atoms with Crippen LogP contribution in [0.5, 0.6) is 5.75 Å². The molecular weight excluding hydrogens is 280 g/mol. The molecule has 0 aliphatic heterocycles. The molecule has 0 atom stereocenters. The van der Waals surface area contributed by atoms with E-state index in [1.807, 2.05) is 0 Å². The first-order valence-corrected chi connectivity index (χ1v) is 7.92. The Hall–Kier alpha value is -1.31. The van der Waals surface area contributed by atoms with Gasteiger partial charge in [-0.25, -0.2) is 13.1 Å². The summed E-state index contributed by atoms with van der Waals surface area (Å²) in [5.74, 6) is 0.241. The van der Waals surface area contributed by atoms with Gasteiger partial charge < -0.3 is 15.6 Å². The highest BCUT2D eigenvalue weighted by Crippen LogP contribution is 2.32. The highest BCUT2D eigenvalue weighted by Gasteiger charge is 2.36. The van der Waals surface area contributed by atoms with Crippen LogP contribution in [0, 0.1) is 6.92 Å². The van der Waals surface area contributed by atoms with Crippen molar-refractivity contribution in [2.45, 2.75) is 36.7 Å². The number of nitrogens with two attached hydrogens (primary N) is 1. The standard InChI is InChI=1S/C13H20N2O4S/c1-9-6-11(19-2)12(7-10(9)14)20(17,18)15-8-13(16)4-3-5-13/h6-7,15-16H,3-5,8,14H2,1-2H3.